The van der Waals surface area contributed by atoms with Crippen molar-refractivity contribution < 1.29 is 4.74 Å². The van der Waals surface area contributed by atoms with Gasteiger partial charge in [0.15, 0.2) is 0 Å². The van der Waals surface area contributed by atoms with Crippen molar-refractivity contribution in [2.75, 3.05) is 18.9 Å². The molecule has 0 amide bonds. The molecular formula is C11H17N3O. The van der Waals surface area contributed by atoms with Gasteiger partial charge < -0.3 is 16.2 Å². The lowest BCUT2D eigenvalue weighted by molar-refractivity contribution is 0.180. The molecule has 1 aliphatic heterocycles. The van der Waals surface area contributed by atoms with Crippen LogP contribution in [0, 0.1) is 0 Å². The van der Waals surface area contributed by atoms with Gasteiger partial charge in [0.25, 0.3) is 0 Å². The second-order valence-corrected chi connectivity index (χ2v) is 4.30. The molecule has 4 nitrogen and oxygen atoms in total. The zero-order chi connectivity index (χ0) is 10.9. The molecule has 0 radical (unpaired) electrons. The quantitative estimate of drug-likeness (QED) is 0.752. The Morgan fingerprint density at radius 1 is 1.53 bits per heavy atom. The van der Waals surface area contributed by atoms with E-state index >= 15 is 0 Å². The summed E-state index contributed by atoms with van der Waals surface area (Å²) in [5.41, 5.74) is 13.5. The standard InChI is InChI=1S/C11H17N3O/c1-11(4-5-15-7-11)8-2-3-10(13)14-9(8)6-12/h2-3H,4-7,12H2,1H3,(H2,13,14)/t11-/m1/s1. The van der Waals surface area contributed by atoms with Gasteiger partial charge in [-0.2, -0.15) is 0 Å². The second kappa shape index (κ2) is 3.79. The van der Waals surface area contributed by atoms with Crippen molar-refractivity contribution >= 4 is 5.82 Å². The number of nitrogens with two attached hydrogens (primary N) is 2. The third-order valence-corrected chi connectivity index (χ3v) is 3.06. The highest BCUT2D eigenvalue weighted by Crippen LogP contribution is 2.34. The fourth-order valence-electron chi connectivity index (χ4n) is 2.10. The molecule has 4 heteroatoms. The number of hydrogen-bond donors (Lipinski definition) is 2. The van der Waals surface area contributed by atoms with E-state index in [-0.39, 0.29) is 5.41 Å². The lowest BCUT2D eigenvalue weighted by Crippen LogP contribution is -2.25. The molecule has 15 heavy (non-hydrogen) atoms. The topological polar surface area (TPSA) is 74.2 Å². The molecule has 0 saturated carbocycles. The third kappa shape index (κ3) is 1.82. The van der Waals surface area contributed by atoms with Crippen molar-refractivity contribution in [3.63, 3.8) is 0 Å². The highest BCUT2D eigenvalue weighted by Gasteiger charge is 2.33. The zero-order valence-corrected chi connectivity index (χ0v) is 8.99. The van der Waals surface area contributed by atoms with E-state index in [1.807, 2.05) is 12.1 Å². The van der Waals surface area contributed by atoms with Crippen LogP contribution in [0.25, 0.3) is 0 Å². The number of aromatic nitrogens is 1. The number of nitrogen functional groups attached to an aromatic ring is 1. The number of nitrogens with zero attached hydrogens (tertiary/aromatic N) is 1. The Balaban J connectivity index is 2.42. The highest BCUT2D eigenvalue weighted by molar-refractivity contribution is 5.38. The second-order valence-electron chi connectivity index (χ2n) is 4.30. The van der Waals surface area contributed by atoms with Gasteiger partial charge in [-0.15, -0.1) is 0 Å². The maximum Gasteiger partial charge on any atom is 0.123 e. The van der Waals surface area contributed by atoms with Crippen LogP contribution in [0.15, 0.2) is 12.1 Å². The van der Waals surface area contributed by atoms with Crippen LogP contribution < -0.4 is 11.5 Å². The molecule has 1 aromatic heterocycles. The average molecular weight is 207 g/mol. The van der Waals surface area contributed by atoms with E-state index in [2.05, 4.69) is 11.9 Å². The van der Waals surface area contributed by atoms with Gasteiger partial charge in [0.05, 0.1) is 12.3 Å². The van der Waals surface area contributed by atoms with Crippen molar-refractivity contribution in [1.82, 2.24) is 4.98 Å². The van der Waals surface area contributed by atoms with E-state index < -0.39 is 0 Å². The van der Waals surface area contributed by atoms with Crippen molar-refractivity contribution in [2.45, 2.75) is 25.3 Å². The van der Waals surface area contributed by atoms with Gasteiger partial charge in [-0.05, 0) is 18.1 Å². The summed E-state index contributed by atoms with van der Waals surface area (Å²) in [7, 11) is 0. The average Bonchev–Trinajstić information content (AvgIpc) is 2.66. The van der Waals surface area contributed by atoms with Gasteiger partial charge in [-0.1, -0.05) is 13.0 Å². The zero-order valence-electron chi connectivity index (χ0n) is 8.99. The van der Waals surface area contributed by atoms with E-state index in [1.165, 1.54) is 5.56 Å². The summed E-state index contributed by atoms with van der Waals surface area (Å²) in [6, 6.07) is 3.86. The Hall–Kier alpha value is -1.13. The lowest BCUT2D eigenvalue weighted by atomic mass is 9.81. The van der Waals surface area contributed by atoms with Gasteiger partial charge in [0.2, 0.25) is 0 Å². The van der Waals surface area contributed by atoms with E-state index in [0.717, 1.165) is 25.3 Å². The summed E-state index contributed by atoms with van der Waals surface area (Å²) in [5, 5.41) is 0. The molecule has 0 aromatic carbocycles. The van der Waals surface area contributed by atoms with Crippen molar-refractivity contribution in [3.05, 3.63) is 23.4 Å². The van der Waals surface area contributed by atoms with Gasteiger partial charge in [0.1, 0.15) is 5.82 Å². The molecule has 0 aliphatic carbocycles. The molecule has 2 heterocycles. The first-order chi connectivity index (χ1) is 7.15. The molecule has 1 aromatic rings. The number of rotatable bonds is 2. The van der Waals surface area contributed by atoms with Crippen molar-refractivity contribution in [3.8, 4) is 0 Å². The van der Waals surface area contributed by atoms with Crippen LogP contribution in [-0.4, -0.2) is 18.2 Å². The van der Waals surface area contributed by atoms with E-state index in [1.54, 1.807) is 0 Å². The maximum absolute atomic E-state index is 5.69. The molecule has 1 fully saturated rings. The maximum atomic E-state index is 5.69. The van der Waals surface area contributed by atoms with Crippen LogP contribution in [0.3, 0.4) is 0 Å². The van der Waals surface area contributed by atoms with Crippen molar-refractivity contribution in [1.29, 1.82) is 0 Å². The van der Waals surface area contributed by atoms with Gasteiger partial charge in [-0.25, -0.2) is 4.98 Å². The molecular weight excluding hydrogens is 190 g/mol. The molecule has 82 valence electrons. The van der Waals surface area contributed by atoms with E-state index in [0.29, 0.717) is 12.4 Å². The first-order valence-electron chi connectivity index (χ1n) is 5.19. The fourth-order valence-corrected chi connectivity index (χ4v) is 2.10. The molecule has 0 unspecified atom stereocenters. The minimum atomic E-state index is 0.0510. The minimum Gasteiger partial charge on any atom is -0.384 e. The Kier molecular flexibility index (Phi) is 2.63. The van der Waals surface area contributed by atoms with Crippen LogP contribution >= 0.6 is 0 Å². The Bertz CT molecular complexity index is 359. The summed E-state index contributed by atoms with van der Waals surface area (Å²) in [6.45, 7) is 4.17. The molecule has 1 atom stereocenters. The highest BCUT2D eigenvalue weighted by atomic mass is 16.5. The molecule has 0 bridgehead atoms. The van der Waals surface area contributed by atoms with Gasteiger partial charge in [0, 0.05) is 18.6 Å². The number of pyridine rings is 1. The summed E-state index contributed by atoms with van der Waals surface area (Å²) < 4.78 is 5.44. The minimum absolute atomic E-state index is 0.0510. The van der Waals surface area contributed by atoms with Crippen LogP contribution in [0.2, 0.25) is 0 Å². The smallest absolute Gasteiger partial charge is 0.123 e. The SMILES string of the molecule is C[C@@]1(c2ccc(N)nc2CN)CCOC1. The summed E-state index contributed by atoms with van der Waals surface area (Å²) in [4.78, 5) is 4.28. The van der Waals surface area contributed by atoms with E-state index in [4.69, 9.17) is 16.2 Å². The lowest BCUT2D eigenvalue weighted by Gasteiger charge is -2.24. The van der Waals surface area contributed by atoms with Gasteiger partial charge >= 0.3 is 0 Å². The van der Waals surface area contributed by atoms with Crippen LogP contribution in [0.4, 0.5) is 5.82 Å². The van der Waals surface area contributed by atoms with Crippen LogP contribution in [0.5, 0.6) is 0 Å². The van der Waals surface area contributed by atoms with Crippen molar-refractivity contribution in [2.24, 2.45) is 5.73 Å². The number of anilines is 1. The summed E-state index contributed by atoms with van der Waals surface area (Å²) >= 11 is 0. The first-order valence-corrected chi connectivity index (χ1v) is 5.19. The molecule has 0 spiro atoms. The van der Waals surface area contributed by atoms with Crippen LogP contribution in [0.1, 0.15) is 24.6 Å². The predicted molar refractivity (Wildman–Crippen MR) is 59.3 cm³/mol. The Labute approximate surface area is 89.6 Å². The molecule has 2 rings (SSSR count). The monoisotopic (exact) mass is 207 g/mol. The van der Waals surface area contributed by atoms with Gasteiger partial charge in [-0.3, -0.25) is 0 Å². The Morgan fingerprint density at radius 2 is 2.33 bits per heavy atom. The molecule has 4 N–H and O–H groups in total. The first kappa shape index (κ1) is 10.4. The number of ether oxygens (including phenoxy) is 1. The molecule has 1 saturated heterocycles. The largest absolute Gasteiger partial charge is 0.384 e. The summed E-state index contributed by atoms with van der Waals surface area (Å²) in [5.74, 6) is 0.529. The summed E-state index contributed by atoms with van der Waals surface area (Å²) in [6.07, 6.45) is 1.02. The fraction of sp³-hybridized carbons (Fsp3) is 0.545. The molecule has 1 aliphatic rings. The number of hydrogen-bond acceptors (Lipinski definition) is 4. The van der Waals surface area contributed by atoms with E-state index in [9.17, 15) is 0 Å². The normalized spacial score (nSPS) is 25.7. The predicted octanol–water partition coefficient (Wildman–Crippen LogP) is 0.800. The Morgan fingerprint density at radius 3 is 2.93 bits per heavy atom. The van der Waals surface area contributed by atoms with Crippen LogP contribution in [-0.2, 0) is 16.7 Å². The third-order valence-electron chi connectivity index (χ3n) is 3.06.